The van der Waals surface area contributed by atoms with Gasteiger partial charge in [0.15, 0.2) is 5.82 Å². The highest BCUT2D eigenvalue weighted by Crippen LogP contribution is 2.23. The number of hydrogen-bond acceptors (Lipinski definition) is 6. The molecule has 7 nitrogen and oxygen atoms in total. The Bertz CT molecular complexity index is 842. The summed E-state index contributed by atoms with van der Waals surface area (Å²) in [6, 6.07) is 11.4. The first-order valence-corrected chi connectivity index (χ1v) is 12.0. The number of ether oxygens (including phenoxy) is 2. The summed E-state index contributed by atoms with van der Waals surface area (Å²) < 4.78 is 11.7. The van der Waals surface area contributed by atoms with Crippen LogP contribution in [0.25, 0.3) is 0 Å². The van der Waals surface area contributed by atoms with Crippen molar-refractivity contribution in [3.8, 4) is 11.6 Å². The largest absolute Gasteiger partial charge is 0.494 e. The van der Waals surface area contributed by atoms with E-state index in [0.29, 0.717) is 31.1 Å². The average Bonchev–Trinajstić information content (AvgIpc) is 2.85. The number of amides is 1. The van der Waals surface area contributed by atoms with Crippen LogP contribution < -0.4 is 14.4 Å². The number of carbonyl (C=O) groups is 1. The van der Waals surface area contributed by atoms with Crippen molar-refractivity contribution in [3.63, 3.8) is 0 Å². The first-order valence-electron chi connectivity index (χ1n) is 12.0. The fourth-order valence-corrected chi connectivity index (χ4v) is 4.25. The molecule has 2 aromatic rings. The summed E-state index contributed by atoms with van der Waals surface area (Å²) >= 11 is 0. The SMILES string of the molecule is CCCCOc1ccc(C(=O)N2CCN(c3ccc(OC4CCCCC4)nn3)CC2)cc1. The molecule has 2 fully saturated rings. The van der Waals surface area contributed by atoms with Gasteiger partial charge in [-0.25, -0.2) is 0 Å². The van der Waals surface area contributed by atoms with Gasteiger partial charge in [-0.1, -0.05) is 19.8 Å². The van der Waals surface area contributed by atoms with E-state index in [4.69, 9.17) is 9.47 Å². The van der Waals surface area contributed by atoms with Crippen molar-refractivity contribution >= 4 is 11.7 Å². The molecule has 1 saturated heterocycles. The van der Waals surface area contributed by atoms with Crippen LogP contribution in [0, 0.1) is 0 Å². The fraction of sp³-hybridized carbons (Fsp3) is 0.560. The molecule has 1 aromatic carbocycles. The summed E-state index contributed by atoms with van der Waals surface area (Å²) in [4.78, 5) is 16.9. The predicted molar refractivity (Wildman–Crippen MR) is 124 cm³/mol. The number of nitrogens with zero attached hydrogens (tertiary/aromatic N) is 4. The maximum Gasteiger partial charge on any atom is 0.253 e. The lowest BCUT2D eigenvalue weighted by atomic mass is 9.98. The molecule has 1 aliphatic heterocycles. The standard InChI is InChI=1S/C25H34N4O3/c1-2-3-19-31-21-11-9-20(10-12-21)25(30)29-17-15-28(16-18-29)23-13-14-24(27-26-23)32-22-7-5-4-6-8-22/h9-14,22H,2-8,15-19H2,1H3. The van der Waals surface area contributed by atoms with Crippen LogP contribution in [-0.2, 0) is 0 Å². The summed E-state index contributed by atoms with van der Waals surface area (Å²) in [6.07, 6.45) is 8.39. The molecule has 1 aromatic heterocycles. The topological polar surface area (TPSA) is 67.8 Å². The minimum Gasteiger partial charge on any atom is -0.494 e. The Kier molecular flexibility index (Phi) is 7.80. The van der Waals surface area contributed by atoms with Crippen LogP contribution in [0.5, 0.6) is 11.6 Å². The third kappa shape index (κ3) is 5.90. The van der Waals surface area contributed by atoms with Gasteiger partial charge in [-0.05, 0) is 62.4 Å². The van der Waals surface area contributed by atoms with Crippen LogP contribution in [0.1, 0.15) is 62.2 Å². The summed E-state index contributed by atoms with van der Waals surface area (Å²) in [6.45, 7) is 5.65. The highest BCUT2D eigenvalue weighted by molar-refractivity contribution is 5.94. The quantitative estimate of drug-likeness (QED) is 0.572. The lowest BCUT2D eigenvalue weighted by Gasteiger charge is -2.35. The molecule has 1 aliphatic carbocycles. The molecule has 32 heavy (non-hydrogen) atoms. The van der Waals surface area contributed by atoms with Crippen LogP contribution >= 0.6 is 0 Å². The first kappa shape index (κ1) is 22.4. The Morgan fingerprint density at radius 1 is 0.969 bits per heavy atom. The Morgan fingerprint density at radius 3 is 2.38 bits per heavy atom. The molecule has 0 unspecified atom stereocenters. The van der Waals surface area contributed by atoms with Crippen LogP contribution in [0.15, 0.2) is 36.4 Å². The van der Waals surface area contributed by atoms with Gasteiger partial charge >= 0.3 is 0 Å². The molecule has 0 N–H and O–H groups in total. The highest BCUT2D eigenvalue weighted by atomic mass is 16.5. The van der Waals surface area contributed by atoms with Crippen molar-refractivity contribution in [2.75, 3.05) is 37.7 Å². The Morgan fingerprint density at radius 2 is 1.72 bits per heavy atom. The number of carbonyl (C=O) groups excluding carboxylic acids is 1. The molecule has 2 aliphatic rings. The van der Waals surface area contributed by atoms with Gasteiger partial charge in [-0.3, -0.25) is 4.79 Å². The van der Waals surface area contributed by atoms with E-state index in [9.17, 15) is 4.79 Å². The molecule has 0 radical (unpaired) electrons. The van der Waals surface area contributed by atoms with Crippen LogP contribution in [0.4, 0.5) is 5.82 Å². The second kappa shape index (κ2) is 11.2. The van der Waals surface area contributed by atoms with Gasteiger partial charge in [-0.2, -0.15) is 0 Å². The molecular weight excluding hydrogens is 404 g/mol. The minimum atomic E-state index is 0.0621. The number of aromatic nitrogens is 2. The van der Waals surface area contributed by atoms with Crippen molar-refractivity contribution in [1.82, 2.24) is 15.1 Å². The molecule has 172 valence electrons. The molecule has 0 atom stereocenters. The van der Waals surface area contributed by atoms with E-state index in [0.717, 1.165) is 50.3 Å². The third-order valence-corrected chi connectivity index (χ3v) is 6.22. The molecule has 1 amide bonds. The van der Waals surface area contributed by atoms with Crippen LogP contribution in [0.3, 0.4) is 0 Å². The minimum absolute atomic E-state index is 0.0621. The van der Waals surface area contributed by atoms with Gasteiger partial charge < -0.3 is 19.3 Å². The molecule has 0 spiro atoms. The number of rotatable bonds is 8. The Balaban J connectivity index is 1.25. The third-order valence-electron chi connectivity index (χ3n) is 6.22. The molecule has 0 bridgehead atoms. The lowest BCUT2D eigenvalue weighted by molar-refractivity contribution is 0.0746. The van der Waals surface area contributed by atoms with Crippen molar-refractivity contribution in [2.45, 2.75) is 58.0 Å². The van der Waals surface area contributed by atoms with Gasteiger partial charge in [0.2, 0.25) is 5.88 Å². The molecule has 1 saturated carbocycles. The zero-order chi connectivity index (χ0) is 22.2. The number of anilines is 1. The normalized spacial score (nSPS) is 17.3. The number of unbranched alkanes of at least 4 members (excludes halogenated alkanes) is 1. The first-order chi connectivity index (χ1) is 15.7. The zero-order valence-electron chi connectivity index (χ0n) is 19.0. The van der Waals surface area contributed by atoms with Crippen molar-refractivity contribution < 1.29 is 14.3 Å². The Hall–Kier alpha value is -2.83. The van der Waals surface area contributed by atoms with Crippen LogP contribution in [-0.4, -0.2) is 59.9 Å². The monoisotopic (exact) mass is 438 g/mol. The van der Waals surface area contributed by atoms with Crippen molar-refractivity contribution in [1.29, 1.82) is 0 Å². The summed E-state index contributed by atoms with van der Waals surface area (Å²) in [5.74, 6) is 2.32. The lowest BCUT2D eigenvalue weighted by Crippen LogP contribution is -2.49. The molecule has 4 rings (SSSR count). The zero-order valence-corrected chi connectivity index (χ0v) is 19.0. The number of benzene rings is 1. The summed E-state index contributed by atoms with van der Waals surface area (Å²) in [5, 5.41) is 8.65. The van der Waals surface area contributed by atoms with E-state index in [1.165, 1.54) is 19.3 Å². The summed E-state index contributed by atoms with van der Waals surface area (Å²) in [5.41, 5.74) is 0.699. The number of piperazine rings is 1. The van der Waals surface area contributed by atoms with Crippen molar-refractivity contribution in [3.05, 3.63) is 42.0 Å². The molecule has 2 heterocycles. The van der Waals surface area contributed by atoms with E-state index >= 15 is 0 Å². The van der Waals surface area contributed by atoms with E-state index in [1.54, 1.807) is 0 Å². The fourth-order valence-electron chi connectivity index (χ4n) is 4.25. The Labute approximate surface area is 190 Å². The van der Waals surface area contributed by atoms with Gasteiger partial charge in [0.05, 0.1) is 6.61 Å². The van der Waals surface area contributed by atoms with Crippen LogP contribution in [0.2, 0.25) is 0 Å². The molecule has 7 heteroatoms. The van der Waals surface area contributed by atoms with Gasteiger partial charge in [0.25, 0.3) is 5.91 Å². The van der Waals surface area contributed by atoms with Gasteiger partial charge in [0.1, 0.15) is 11.9 Å². The maximum atomic E-state index is 12.9. The second-order valence-corrected chi connectivity index (χ2v) is 8.61. The smallest absolute Gasteiger partial charge is 0.253 e. The predicted octanol–water partition coefficient (Wildman–Crippen LogP) is 4.33. The second-order valence-electron chi connectivity index (χ2n) is 8.61. The highest BCUT2D eigenvalue weighted by Gasteiger charge is 2.23. The van der Waals surface area contributed by atoms with Gasteiger partial charge in [0, 0.05) is 37.8 Å². The molecular formula is C25H34N4O3. The van der Waals surface area contributed by atoms with E-state index < -0.39 is 0 Å². The number of hydrogen-bond donors (Lipinski definition) is 0. The van der Waals surface area contributed by atoms with E-state index in [1.807, 2.05) is 41.3 Å². The summed E-state index contributed by atoms with van der Waals surface area (Å²) in [7, 11) is 0. The maximum absolute atomic E-state index is 12.9. The van der Waals surface area contributed by atoms with E-state index in [2.05, 4.69) is 22.0 Å². The van der Waals surface area contributed by atoms with Crippen molar-refractivity contribution in [2.24, 2.45) is 0 Å². The van der Waals surface area contributed by atoms with E-state index in [-0.39, 0.29) is 12.0 Å². The average molecular weight is 439 g/mol. The van der Waals surface area contributed by atoms with Gasteiger partial charge in [-0.15, -0.1) is 10.2 Å².